The van der Waals surface area contributed by atoms with E-state index in [9.17, 15) is 4.79 Å². The second kappa shape index (κ2) is 5.90. The van der Waals surface area contributed by atoms with Crippen molar-refractivity contribution in [1.82, 2.24) is 0 Å². The fourth-order valence-electron chi connectivity index (χ4n) is 2.50. The minimum atomic E-state index is -0.000659. The number of anilines is 1. The van der Waals surface area contributed by atoms with Gasteiger partial charge >= 0.3 is 0 Å². The van der Waals surface area contributed by atoms with Crippen LogP contribution in [-0.2, 0) is 17.6 Å². The van der Waals surface area contributed by atoms with Gasteiger partial charge in [-0.3, -0.25) is 4.79 Å². The summed E-state index contributed by atoms with van der Waals surface area (Å²) in [4.78, 5) is 12.2. The molecule has 1 N–H and O–H groups in total. The summed E-state index contributed by atoms with van der Waals surface area (Å²) in [5.41, 5.74) is 4.11. The molecule has 0 bridgehead atoms. The predicted molar refractivity (Wildman–Crippen MR) is 86.9 cm³/mol. The summed E-state index contributed by atoms with van der Waals surface area (Å²) in [5.74, 6) is 0.946. The summed E-state index contributed by atoms with van der Waals surface area (Å²) in [6.07, 6.45) is 1.30. The Labute approximate surface area is 132 Å². The summed E-state index contributed by atoms with van der Waals surface area (Å²) < 4.78 is 6.49. The smallest absolute Gasteiger partial charge is 0.228 e. The number of nitrogens with one attached hydrogen (secondary N) is 1. The first-order chi connectivity index (χ1) is 10.1. The number of fused-ring (bicyclic) bond motifs is 1. The Morgan fingerprint density at radius 3 is 2.95 bits per heavy atom. The molecular weight excluding hydrogens is 330 g/mol. The molecule has 0 fully saturated rings. The molecule has 3 rings (SSSR count). The molecule has 1 amide bonds. The van der Waals surface area contributed by atoms with Gasteiger partial charge in [0.25, 0.3) is 0 Å². The number of amides is 1. The van der Waals surface area contributed by atoms with Crippen LogP contribution in [0.2, 0.25) is 0 Å². The number of hydrogen-bond acceptors (Lipinski definition) is 2. The number of carbonyl (C=O) groups is 1. The van der Waals surface area contributed by atoms with Crippen molar-refractivity contribution in [2.24, 2.45) is 0 Å². The molecule has 0 aliphatic carbocycles. The topological polar surface area (TPSA) is 38.3 Å². The number of hydrogen-bond donors (Lipinski definition) is 1. The van der Waals surface area contributed by atoms with Gasteiger partial charge in [-0.05, 0) is 47.9 Å². The molecular formula is C17H16BrNO2. The number of ether oxygens (including phenoxy) is 1. The minimum absolute atomic E-state index is 0.000659. The second-order valence-corrected chi connectivity index (χ2v) is 6.14. The maximum atomic E-state index is 12.2. The van der Waals surface area contributed by atoms with Gasteiger partial charge in [-0.1, -0.05) is 28.1 Å². The molecule has 3 nitrogen and oxygen atoms in total. The average molecular weight is 346 g/mol. The Morgan fingerprint density at radius 1 is 1.29 bits per heavy atom. The number of carbonyl (C=O) groups excluding carboxylic acids is 1. The van der Waals surface area contributed by atoms with Crippen LogP contribution in [0.25, 0.3) is 0 Å². The van der Waals surface area contributed by atoms with Gasteiger partial charge in [0, 0.05) is 16.6 Å². The van der Waals surface area contributed by atoms with Crippen molar-refractivity contribution < 1.29 is 9.53 Å². The maximum Gasteiger partial charge on any atom is 0.228 e. The van der Waals surface area contributed by atoms with E-state index < -0.39 is 0 Å². The fourth-order valence-corrected chi connectivity index (χ4v) is 2.97. The minimum Gasteiger partial charge on any atom is -0.493 e. The molecule has 21 heavy (non-hydrogen) atoms. The van der Waals surface area contributed by atoms with E-state index in [0.29, 0.717) is 6.42 Å². The maximum absolute atomic E-state index is 12.2. The van der Waals surface area contributed by atoms with Crippen LogP contribution < -0.4 is 10.1 Å². The molecule has 1 aliphatic heterocycles. The Balaban J connectivity index is 1.69. The number of benzene rings is 2. The number of aryl methyl sites for hydroxylation is 1. The van der Waals surface area contributed by atoms with Crippen molar-refractivity contribution in [2.75, 3.05) is 11.9 Å². The molecule has 1 heterocycles. The highest BCUT2D eigenvalue weighted by molar-refractivity contribution is 9.10. The molecule has 0 radical (unpaired) electrons. The highest BCUT2D eigenvalue weighted by Gasteiger charge is 2.13. The molecule has 0 aromatic heterocycles. The molecule has 1 aliphatic rings. The van der Waals surface area contributed by atoms with E-state index in [1.807, 2.05) is 37.3 Å². The lowest BCUT2D eigenvalue weighted by Crippen LogP contribution is -2.15. The van der Waals surface area contributed by atoms with Gasteiger partial charge in [0.15, 0.2) is 0 Å². The fraction of sp³-hybridized carbons (Fsp3) is 0.235. The molecule has 0 saturated carbocycles. The van der Waals surface area contributed by atoms with Gasteiger partial charge in [-0.25, -0.2) is 0 Å². The van der Waals surface area contributed by atoms with Gasteiger partial charge in [0.05, 0.1) is 13.0 Å². The van der Waals surface area contributed by atoms with E-state index in [-0.39, 0.29) is 5.91 Å². The first-order valence-electron chi connectivity index (χ1n) is 6.92. The molecule has 0 saturated heterocycles. The van der Waals surface area contributed by atoms with Gasteiger partial charge in [-0.2, -0.15) is 0 Å². The van der Waals surface area contributed by atoms with Crippen molar-refractivity contribution in [1.29, 1.82) is 0 Å². The van der Waals surface area contributed by atoms with Crippen molar-refractivity contribution in [3.63, 3.8) is 0 Å². The van der Waals surface area contributed by atoms with Crippen LogP contribution in [0, 0.1) is 6.92 Å². The Hall–Kier alpha value is -1.81. The third-order valence-corrected chi connectivity index (χ3v) is 4.07. The molecule has 2 aromatic rings. The van der Waals surface area contributed by atoms with E-state index in [2.05, 4.69) is 27.3 Å². The quantitative estimate of drug-likeness (QED) is 0.916. The van der Waals surface area contributed by atoms with E-state index in [4.69, 9.17) is 4.74 Å². The first kappa shape index (κ1) is 14.1. The summed E-state index contributed by atoms with van der Waals surface area (Å²) in [6, 6.07) is 11.8. The number of halogens is 1. The van der Waals surface area contributed by atoms with E-state index in [1.165, 1.54) is 5.56 Å². The molecule has 4 heteroatoms. The Bertz CT molecular complexity index is 697. The summed E-state index contributed by atoms with van der Waals surface area (Å²) in [6.45, 7) is 2.72. The van der Waals surface area contributed by atoms with Crippen LogP contribution in [0.4, 0.5) is 5.69 Å². The Kier molecular flexibility index (Phi) is 3.97. The molecule has 108 valence electrons. The van der Waals surface area contributed by atoms with Crippen LogP contribution in [0.3, 0.4) is 0 Å². The molecule has 0 spiro atoms. The van der Waals surface area contributed by atoms with Crippen LogP contribution in [0.1, 0.15) is 16.7 Å². The van der Waals surface area contributed by atoms with Crippen molar-refractivity contribution in [3.8, 4) is 5.75 Å². The zero-order valence-electron chi connectivity index (χ0n) is 11.8. The molecule has 0 unspecified atom stereocenters. The van der Waals surface area contributed by atoms with Gasteiger partial charge in [-0.15, -0.1) is 0 Å². The van der Waals surface area contributed by atoms with Crippen molar-refractivity contribution in [2.45, 2.75) is 19.8 Å². The molecule has 0 atom stereocenters. The van der Waals surface area contributed by atoms with Crippen LogP contribution in [0.5, 0.6) is 5.75 Å². The van der Waals surface area contributed by atoms with E-state index in [0.717, 1.165) is 40.1 Å². The third kappa shape index (κ3) is 3.27. The summed E-state index contributed by atoms with van der Waals surface area (Å²) in [7, 11) is 0. The SMILES string of the molecule is Cc1cc(Br)ccc1NC(=O)Cc1ccc2c(c1)CCO2. The van der Waals surface area contributed by atoms with Gasteiger partial charge < -0.3 is 10.1 Å². The van der Waals surface area contributed by atoms with Crippen LogP contribution in [0.15, 0.2) is 40.9 Å². The van der Waals surface area contributed by atoms with Crippen LogP contribution in [-0.4, -0.2) is 12.5 Å². The second-order valence-electron chi connectivity index (χ2n) is 5.22. The van der Waals surface area contributed by atoms with Crippen molar-refractivity contribution >= 4 is 27.5 Å². The van der Waals surface area contributed by atoms with E-state index in [1.54, 1.807) is 0 Å². The highest BCUT2D eigenvalue weighted by atomic mass is 79.9. The standard InChI is InChI=1S/C17H16BrNO2/c1-11-8-14(18)3-4-15(11)19-17(20)10-12-2-5-16-13(9-12)6-7-21-16/h2-5,8-9H,6-7,10H2,1H3,(H,19,20). The third-order valence-electron chi connectivity index (χ3n) is 3.58. The highest BCUT2D eigenvalue weighted by Crippen LogP contribution is 2.26. The van der Waals surface area contributed by atoms with Crippen LogP contribution >= 0.6 is 15.9 Å². The largest absolute Gasteiger partial charge is 0.493 e. The van der Waals surface area contributed by atoms with Gasteiger partial charge in [0.1, 0.15) is 5.75 Å². The number of rotatable bonds is 3. The lowest BCUT2D eigenvalue weighted by molar-refractivity contribution is -0.115. The van der Waals surface area contributed by atoms with Gasteiger partial charge in [0.2, 0.25) is 5.91 Å². The lowest BCUT2D eigenvalue weighted by Gasteiger charge is -2.09. The summed E-state index contributed by atoms with van der Waals surface area (Å²) >= 11 is 3.42. The summed E-state index contributed by atoms with van der Waals surface area (Å²) in [5, 5.41) is 2.96. The molecule has 2 aromatic carbocycles. The zero-order valence-corrected chi connectivity index (χ0v) is 13.4. The monoisotopic (exact) mass is 345 g/mol. The lowest BCUT2D eigenvalue weighted by atomic mass is 10.1. The zero-order chi connectivity index (χ0) is 14.8. The average Bonchev–Trinajstić information content (AvgIpc) is 2.89. The van der Waals surface area contributed by atoms with E-state index >= 15 is 0 Å². The Morgan fingerprint density at radius 2 is 2.14 bits per heavy atom. The predicted octanol–water partition coefficient (Wildman–Crippen LogP) is 3.87. The normalized spacial score (nSPS) is 12.7. The van der Waals surface area contributed by atoms with Crippen molar-refractivity contribution in [3.05, 3.63) is 57.6 Å². The first-order valence-corrected chi connectivity index (χ1v) is 7.72.